The van der Waals surface area contributed by atoms with Gasteiger partial charge in [-0.05, 0) is 18.8 Å². The van der Waals surface area contributed by atoms with Crippen LogP contribution >= 0.6 is 0 Å². The fourth-order valence-electron chi connectivity index (χ4n) is 1.87. The van der Waals surface area contributed by atoms with Gasteiger partial charge in [-0.15, -0.1) is 0 Å². The average molecular weight is 183 g/mol. The number of carbonyl (C=O) groups is 1. The Labute approximate surface area is 78.6 Å². The lowest BCUT2D eigenvalue weighted by Gasteiger charge is -2.25. The van der Waals surface area contributed by atoms with Crippen molar-refractivity contribution in [3.05, 3.63) is 12.2 Å². The maximum Gasteiger partial charge on any atom is 0.328 e. The van der Waals surface area contributed by atoms with Crippen LogP contribution in [0.15, 0.2) is 12.2 Å². The lowest BCUT2D eigenvalue weighted by molar-refractivity contribution is -0.131. The molecular weight excluding hydrogens is 166 g/mol. The zero-order valence-corrected chi connectivity index (χ0v) is 7.78. The summed E-state index contributed by atoms with van der Waals surface area (Å²) in [4.78, 5) is 10.2. The second-order valence-electron chi connectivity index (χ2n) is 3.67. The Kier molecular flexibility index (Phi) is 3.96. The van der Waals surface area contributed by atoms with Crippen molar-refractivity contribution in [3.8, 4) is 0 Å². The quantitative estimate of drug-likeness (QED) is 0.652. The third-order valence-corrected chi connectivity index (χ3v) is 2.66. The zero-order chi connectivity index (χ0) is 9.68. The van der Waals surface area contributed by atoms with Crippen molar-refractivity contribution in [2.24, 2.45) is 11.7 Å². The summed E-state index contributed by atoms with van der Waals surface area (Å²) in [6, 6.07) is -0.0728. The van der Waals surface area contributed by atoms with E-state index < -0.39 is 5.97 Å². The monoisotopic (exact) mass is 183 g/mol. The molecule has 1 aliphatic rings. The molecule has 1 rings (SSSR count). The molecule has 1 fully saturated rings. The van der Waals surface area contributed by atoms with Gasteiger partial charge in [0.25, 0.3) is 0 Å². The van der Waals surface area contributed by atoms with Crippen molar-refractivity contribution in [1.82, 2.24) is 0 Å². The maximum absolute atomic E-state index is 10.2. The van der Waals surface area contributed by atoms with E-state index in [0.29, 0.717) is 5.92 Å². The summed E-state index contributed by atoms with van der Waals surface area (Å²) in [5, 5.41) is 8.42. The van der Waals surface area contributed by atoms with Crippen molar-refractivity contribution in [3.63, 3.8) is 0 Å². The molecule has 0 spiro atoms. The molecule has 0 aromatic carbocycles. The lowest BCUT2D eigenvalue weighted by Crippen LogP contribution is -2.29. The molecule has 0 amide bonds. The van der Waals surface area contributed by atoms with Crippen LogP contribution in [0.4, 0.5) is 0 Å². The topological polar surface area (TPSA) is 63.3 Å². The van der Waals surface area contributed by atoms with Gasteiger partial charge in [-0.1, -0.05) is 25.3 Å². The second kappa shape index (κ2) is 5.02. The molecule has 0 radical (unpaired) electrons. The Morgan fingerprint density at radius 2 is 2.00 bits per heavy atom. The Balaban J connectivity index is 2.36. The van der Waals surface area contributed by atoms with Crippen LogP contribution in [0.25, 0.3) is 0 Å². The summed E-state index contributed by atoms with van der Waals surface area (Å²) in [6.07, 6.45) is 8.82. The molecule has 1 unspecified atom stereocenters. The number of nitrogens with two attached hydrogens (primary N) is 1. The first-order chi connectivity index (χ1) is 6.20. The fraction of sp³-hybridized carbons (Fsp3) is 0.700. The lowest BCUT2D eigenvalue weighted by atomic mass is 9.84. The Morgan fingerprint density at radius 3 is 2.54 bits per heavy atom. The van der Waals surface area contributed by atoms with Gasteiger partial charge in [0.15, 0.2) is 0 Å². The smallest absolute Gasteiger partial charge is 0.328 e. The molecule has 1 atom stereocenters. The van der Waals surface area contributed by atoms with Gasteiger partial charge < -0.3 is 10.8 Å². The number of rotatable bonds is 3. The van der Waals surface area contributed by atoms with Gasteiger partial charge in [-0.25, -0.2) is 4.79 Å². The molecule has 3 heteroatoms. The van der Waals surface area contributed by atoms with Gasteiger partial charge in [-0.2, -0.15) is 0 Å². The molecular formula is C10H17NO2. The highest BCUT2D eigenvalue weighted by atomic mass is 16.4. The third kappa shape index (κ3) is 3.59. The second-order valence-corrected chi connectivity index (χ2v) is 3.67. The highest BCUT2D eigenvalue weighted by Crippen LogP contribution is 2.25. The summed E-state index contributed by atoms with van der Waals surface area (Å²) in [6.45, 7) is 0. The minimum Gasteiger partial charge on any atom is -0.478 e. The van der Waals surface area contributed by atoms with Crippen LogP contribution in [0.5, 0.6) is 0 Å². The van der Waals surface area contributed by atoms with Gasteiger partial charge in [0.2, 0.25) is 0 Å². The molecule has 3 nitrogen and oxygen atoms in total. The maximum atomic E-state index is 10.2. The predicted molar refractivity (Wildman–Crippen MR) is 51.3 cm³/mol. The van der Waals surface area contributed by atoms with E-state index in [-0.39, 0.29) is 6.04 Å². The van der Waals surface area contributed by atoms with Crippen LogP contribution in [0.3, 0.4) is 0 Å². The van der Waals surface area contributed by atoms with E-state index in [9.17, 15) is 4.79 Å². The molecule has 0 aliphatic heterocycles. The van der Waals surface area contributed by atoms with E-state index in [2.05, 4.69) is 0 Å². The van der Waals surface area contributed by atoms with Crippen molar-refractivity contribution in [1.29, 1.82) is 0 Å². The normalized spacial score (nSPS) is 21.9. The summed E-state index contributed by atoms with van der Waals surface area (Å²) >= 11 is 0. The molecule has 1 aliphatic carbocycles. The molecule has 1 saturated carbocycles. The number of hydrogen-bond donors (Lipinski definition) is 2. The third-order valence-electron chi connectivity index (χ3n) is 2.66. The predicted octanol–water partition coefficient (Wildman–Crippen LogP) is 1.53. The number of carboxylic acids is 1. The minimum atomic E-state index is -0.911. The van der Waals surface area contributed by atoms with E-state index >= 15 is 0 Å². The molecule has 0 aromatic heterocycles. The largest absolute Gasteiger partial charge is 0.478 e. The Morgan fingerprint density at radius 1 is 1.38 bits per heavy atom. The molecule has 74 valence electrons. The molecule has 0 bridgehead atoms. The van der Waals surface area contributed by atoms with Crippen molar-refractivity contribution < 1.29 is 9.90 Å². The van der Waals surface area contributed by atoms with E-state index in [4.69, 9.17) is 10.8 Å². The van der Waals surface area contributed by atoms with E-state index in [1.54, 1.807) is 6.08 Å². The van der Waals surface area contributed by atoms with Gasteiger partial charge in [0.05, 0.1) is 0 Å². The highest BCUT2D eigenvalue weighted by Gasteiger charge is 2.18. The van der Waals surface area contributed by atoms with E-state index in [0.717, 1.165) is 18.9 Å². The number of hydrogen-bond acceptors (Lipinski definition) is 2. The molecule has 0 heterocycles. The first-order valence-electron chi connectivity index (χ1n) is 4.87. The average Bonchev–Trinajstić information content (AvgIpc) is 2.15. The van der Waals surface area contributed by atoms with Gasteiger partial charge in [0, 0.05) is 12.1 Å². The van der Waals surface area contributed by atoms with E-state index in [1.807, 2.05) is 0 Å². The number of carboxylic acid groups (broad SMARTS) is 1. The van der Waals surface area contributed by atoms with Crippen LogP contribution in [0, 0.1) is 5.92 Å². The summed E-state index contributed by atoms with van der Waals surface area (Å²) < 4.78 is 0. The van der Waals surface area contributed by atoms with Crippen LogP contribution in [0.2, 0.25) is 0 Å². The minimum absolute atomic E-state index is 0.0728. The van der Waals surface area contributed by atoms with Crippen LogP contribution < -0.4 is 5.73 Å². The van der Waals surface area contributed by atoms with Gasteiger partial charge >= 0.3 is 5.97 Å². The standard InChI is InChI=1S/C10H17NO2/c11-9(6-7-10(12)13)8-4-2-1-3-5-8/h6-9H,1-5,11H2,(H,12,13)/b7-6+. The first kappa shape index (κ1) is 10.3. The highest BCUT2D eigenvalue weighted by molar-refractivity contribution is 5.79. The molecule has 13 heavy (non-hydrogen) atoms. The molecule has 3 N–H and O–H groups in total. The zero-order valence-electron chi connectivity index (χ0n) is 7.78. The summed E-state index contributed by atoms with van der Waals surface area (Å²) in [5.41, 5.74) is 5.85. The number of aliphatic carboxylic acids is 1. The Hall–Kier alpha value is -0.830. The van der Waals surface area contributed by atoms with E-state index in [1.165, 1.54) is 19.3 Å². The van der Waals surface area contributed by atoms with Crippen molar-refractivity contribution in [2.45, 2.75) is 38.1 Å². The first-order valence-corrected chi connectivity index (χ1v) is 4.87. The van der Waals surface area contributed by atoms with Crippen LogP contribution in [0.1, 0.15) is 32.1 Å². The summed E-state index contributed by atoms with van der Waals surface area (Å²) in [5.74, 6) is -0.421. The Bertz CT molecular complexity index is 195. The summed E-state index contributed by atoms with van der Waals surface area (Å²) in [7, 11) is 0. The van der Waals surface area contributed by atoms with Crippen molar-refractivity contribution >= 4 is 5.97 Å². The van der Waals surface area contributed by atoms with Gasteiger partial charge in [0.1, 0.15) is 0 Å². The van der Waals surface area contributed by atoms with Crippen LogP contribution in [-0.2, 0) is 4.79 Å². The molecule has 0 aromatic rings. The SMILES string of the molecule is NC(/C=C/C(=O)O)C1CCCCC1. The van der Waals surface area contributed by atoms with Crippen LogP contribution in [-0.4, -0.2) is 17.1 Å². The van der Waals surface area contributed by atoms with Crippen molar-refractivity contribution in [2.75, 3.05) is 0 Å². The fourth-order valence-corrected chi connectivity index (χ4v) is 1.87. The van der Waals surface area contributed by atoms with Gasteiger partial charge in [-0.3, -0.25) is 0 Å². The molecule has 0 saturated heterocycles.